The third kappa shape index (κ3) is 6.35. The van der Waals surface area contributed by atoms with Crippen LogP contribution in [0.2, 0.25) is 0 Å². The summed E-state index contributed by atoms with van der Waals surface area (Å²) in [7, 11) is -2.85. The highest BCUT2D eigenvalue weighted by Crippen LogP contribution is 2.76. The highest BCUT2D eigenvalue weighted by atomic mass is 32.2. The number of sulfone groups is 1. The van der Waals surface area contributed by atoms with E-state index in [2.05, 4.69) is 70.5 Å². The molecule has 0 amide bonds. The number of ether oxygens (including phenoxy) is 1. The SMILES string of the molecule is C=C(C)C[C@@H]1CC[C@]2(NCCN3CCS(=O)(=O)CC3)CC[C@]3(C)[C@H](CCC4[C@@]5(C)CC=C(C6=CC[C@H](C(=O)OCC)CC6)C(C)(C)C5CC[C@]43C)C12. The van der Waals surface area contributed by atoms with Gasteiger partial charge in [-0.05, 0) is 160 Å². The van der Waals surface area contributed by atoms with Crippen LogP contribution in [0.5, 0.6) is 0 Å². The minimum atomic E-state index is -2.85. The van der Waals surface area contributed by atoms with Gasteiger partial charge in [0.2, 0.25) is 0 Å². The summed E-state index contributed by atoms with van der Waals surface area (Å²) in [6.07, 6.45) is 20.6. The predicted molar refractivity (Wildman–Crippen MR) is 213 cm³/mol. The summed E-state index contributed by atoms with van der Waals surface area (Å²) in [5.41, 5.74) is 5.67. The van der Waals surface area contributed by atoms with Crippen LogP contribution < -0.4 is 5.32 Å². The van der Waals surface area contributed by atoms with Gasteiger partial charge < -0.3 is 15.0 Å². The highest BCUT2D eigenvalue weighted by molar-refractivity contribution is 7.91. The molecular formula is C45H72N2O4S. The molecule has 292 valence electrons. The molecule has 4 saturated carbocycles. The molecule has 0 radical (unpaired) electrons. The predicted octanol–water partition coefficient (Wildman–Crippen LogP) is 8.93. The minimum Gasteiger partial charge on any atom is -0.466 e. The number of esters is 1. The van der Waals surface area contributed by atoms with Gasteiger partial charge >= 0.3 is 5.97 Å². The lowest BCUT2D eigenvalue weighted by atomic mass is 9.33. The summed E-state index contributed by atoms with van der Waals surface area (Å²) in [5.74, 6) is 4.12. The van der Waals surface area contributed by atoms with Crippen molar-refractivity contribution < 1.29 is 17.9 Å². The van der Waals surface area contributed by atoms with Crippen molar-refractivity contribution >= 4 is 15.8 Å². The van der Waals surface area contributed by atoms with Crippen molar-refractivity contribution in [2.24, 2.45) is 57.2 Å². The first-order chi connectivity index (χ1) is 24.5. The topological polar surface area (TPSA) is 75.7 Å². The van der Waals surface area contributed by atoms with E-state index in [1.807, 2.05) is 6.92 Å². The number of hydrogen-bond acceptors (Lipinski definition) is 6. The number of carbonyl (C=O) groups is 1. The summed E-state index contributed by atoms with van der Waals surface area (Å²) < 4.78 is 29.5. The van der Waals surface area contributed by atoms with Gasteiger partial charge in [-0.1, -0.05) is 52.3 Å². The van der Waals surface area contributed by atoms with Gasteiger partial charge in [-0.2, -0.15) is 0 Å². The number of allylic oxidation sites excluding steroid dienone is 5. The summed E-state index contributed by atoms with van der Waals surface area (Å²) in [4.78, 5) is 14.9. The summed E-state index contributed by atoms with van der Waals surface area (Å²) in [6, 6.07) is 0. The third-order valence-electron chi connectivity index (χ3n) is 17.5. The van der Waals surface area contributed by atoms with Crippen molar-refractivity contribution in [1.82, 2.24) is 10.2 Å². The van der Waals surface area contributed by atoms with Crippen LogP contribution in [0.25, 0.3) is 0 Å². The Morgan fingerprint density at radius 3 is 2.37 bits per heavy atom. The molecule has 7 rings (SSSR count). The fraction of sp³-hybridized carbons (Fsp3) is 0.844. The Balaban J connectivity index is 1.12. The smallest absolute Gasteiger partial charge is 0.309 e. The van der Waals surface area contributed by atoms with Crippen LogP contribution in [0, 0.1) is 57.2 Å². The molecule has 0 aromatic heterocycles. The Kier molecular flexibility index (Phi) is 10.4. The van der Waals surface area contributed by atoms with E-state index < -0.39 is 9.84 Å². The number of nitrogens with one attached hydrogen (secondary N) is 1. The summed E-state index contributed by atoms with van der Waals surface area (Å²) in [6.45, 7) is 25.6. The zero-order valence-electron chi connectivity index (χ0n) is 34.0. The first-order valence-electron chi connectivity index (χ1n) is 21.4. The molecule has 1 heterocycles. The fourth-order valence-electron chi connectivity index (χ4n) is 14.9. The van der Waals surface area contributed by atoms with Gasteiger partial charge in [0.25, 0.3) is 0 Å². The van der Waals surface area contributed by atoms with Crippen LogP contribution in [-0.2, 0) is 19.4 Å². The molecule has 0 spiro atoms. The van der Waals surface area contributed by atoms with Gasteiger partial charge in [-0.25, -0.2) is 8.42 Å². The Hall–Kier alpha value is -1.44. The second-order valence-electron chi connectivity index (χ2n) is 20.2. The maximum absolute atomic E-state index is 12.5. The van der Waals surface area contributed by atoms with Crippen molar-refractivity contribution in [2.75, 3.05) is 44.3 Å². The number of nitrogens with zero attached hydrogens (tertiary/aromatic N) is 1. The lowest BCUT2D eigenvalue weighted by Gasteiger charge is -2.72. The van der Waals surface area contributed by atoms with E-state index in [4.69, 9.17) is 4.74 Å². The zero-order chi connectivity index (χ0) is 37.3. The molecule has 1 N–H and O–H groups in total. The molecule has 52 heavy (non-hydrogen) atoms. The number of rotatable bonds is 9. The van der Waals surface area contributed by atoms with E-state index in [1.165, 1.54) is 68.9 Å². The Bertz CT molecular complexity index is 1570. The van der Waals surface area contributed by atoms with Gasteiger partial charge in [0.1, 0.15) is 0 Å². The molecule has 10 atom stereocenters. The lowest BCUT2D eigenvalue weighted by molar-refractivity contribution is -0.222. The van der Waals surface area contributed by atoms with Crippen LogP contribution in [0.3, 0.4) is 0 Å². The van der Waals surface area contributed by atoms with E-state index in [0.29, 0.717) is 59.8 Å². The van der Waals surface area contributed by atoms with Crippen LogP contribution in [0.1, 0.15) is 132 Å². The largest absolute Gasteiger partial charge is 0.466 e. The van der Waals surface area contributed by atoms with Crippen LogP contribution in [0.4, 0.5) is 0 Å². The Morgan fingerprint density at radius 2 is 1.69 bits per heavy atom. The standard InChI is InChI=1S/C45H72N2O4S/c1-9-51-40(48)33-12-10-32(11-13-33)35-17-19-42(6)37(41(35,4)5)18-20-44(8)38(42)15-14-36-39-34(30-31(2)3)16-21-45(39,23-22-43(36,44)7)46-24-25-47-26-28-52(49,50)29-27-47/h10,17,33-34,36-39,46H,2,9,11-16,18-30H2,1,3-8H3/t33-,34-,36+,37?,38?,39?,42-,43+,44+,45-/m0/s1. The molecule has 0 aromatic rings. The minimum absolute atomic E-state index is 0.0164. The van der Waals surface area contributed by atoms with E-state index in [-0.39, 0.29) is 28.3 Å². The van der Waals surface area contributed by atoms with Crippen LogP contribution >= 0.6 is 0 Å². The lowest BCUT2D eigenvalue weighted by Crippen LogP contribution is -2.68. The average molecular weight is 737 g/mol. The van der Waals surface area contributed by atoms with Gasteiger partial charge in [0.15, 0.2) is 9.84 Å². The number of fused-ring (bicyclic) bond motifs is 7. The summed E-state index contributed by atoms with van der Waals surface area (Å²) >= 11 is 0. The first-order valence-corrected chi connectivity index (χ1v) is 23.2. The van der Waals surface area contributed by atoms with Crippen molar-refractivity contribution in [3.8, 4) is 0 Å². The van der Waals surface area contributed by atoms with Crippen molar-refractivity contribution in [3.05, 3.63) is 35.5 Å². The molecule has 6 nitrogen and oxygen atoms in total. The first kappa shape index (κ1) is 38.8. The fourth-order valence-corrected chi connectivity index (χ4v) is 16.1. The second-order valence-corrected chi connectivity index (χ2v) is 22.5. The maximum atomic E-state index is 12.5. The van der Waals surface area contributed by atoms with Gasteiger partial charge in [0.05, 0.1) is 24.0 Å². The maximum Gasteiger partial charge on any atom is 0.309 e. The van der Waals surface area contributed by atoms with E-state index >= 15 is 0 Å². The van der Waals surface area contributed by atoms with Gasteiger partial charge in [-0.3, -0.25) is 4.79 Å². The van der Waals surface area contributed by atoms with Crippen molar-refractivity contribution in [1.29, 1.82) is 0 Å². The molecule has 1 aliphatic heterocycles. The number of hydrogen-bond donors (Lipinski definition) is 1. The van der Waals surface area contributed by atoms with Gasteiger partial charge in [-0.15, -0.1) is 6.58 Å². The molecule has 6 aliphatic carbocycles. The molecule has 0 aromatic carbocycles. The Labute approximate surface area is 317 Å². The zero-order valence-corrected chi connectivity index (χ0v) is 34.8. The summed E-state index contributed by atoms with van der Waals surface area (Å²) in [5, 5.41) is 4.26. The second kappa shape index (κ2) is 13.9. The van der Waals surface area contributed by atoms with Gasteiger partial charge in [0, 0.05) is 31.7 Å². The third-order valence-corrected chi connectivity index (χ3v) is 19.1. The molecule has 1 saturated heterocycles. The van der Waals surface area contributed by atoms with Crippen molar-refractivity contribution in [3.63, 3.8) is 0 Å². The van der Waals surface area contributed by atoms with Crippen molar-refractivity contribution in [2.45, 2.75) is 137 Å². The monoisotopic (exact) mass is 737 g/mol. The molecule has 5 fully saturated rings. The number of carbonyl (C=O) groups excluding carboxylic acids is 1. The normalized spacial score (nSPS) is 43.9. The molecule has 7 aliphatic rings. The molecular weight excluding hydrogens is 665 g/mol. The van der Waals surface area contributed by atoms with E-state index in [9.17, 15) is 13.2 Å². The van der Waals surface area contributed by atoms with E-state index in [0.717, 1.165) is 50.6 Å². The average Bonchev–Trinajstić information content (AvgIpc) is 3.43. The van der Waals surface area contributed by atoms with Crippen LogP contribution in [-0.4, -0.2) is 69.1 Å². The molecule has 0 bridgehead atoms. The molecule has 3 unspecified atom stereocenters. The Morgan fingerprint density at radius 1 is 0.942 bits per heavy atom. The quantitative estimate of drug-likeness (QED) is 0.188. The van der Waals surface area contributed by atoms with Crippen LogP contribution in [0.15, 0.2) is 35.5 Å². The molecule has 7 heteroatoms. The van der Waals surface area contributed by atoms with E-state index in [1.54, 1.807) is 5.57 Å². The highest BCUT2D eigenvalue weighted by Gasteiger charge is 2.70.